The molecule has 3 N–H and O–H groups in total. The lowest BCUT2D eigenvalue weighted by atomic mass is 10.0. The molecule has 3 rings (SSSR count). The van der Waals surface area contributed by atoms with E-state index in [4.69, 9.17) is 10.5 Å². The molecule has 106 valence electrons. The van der Waals surface area contributed by atoms with Crippen LogP contribution in [0.5, 0.6) is 0 Å². The highest BCUT2D eigenvalue weighted by atomic mass is 79.9. The third-order valence-electron chi connectivity index (χ3n) is 3.69. The predicted octanol–water partition coefficient (Wildman–Crippen LogP) is 3.56. The summed E-state index contributed by atoms with van der Waals surface area (Å²) in [7, 11) is 0. The summed E-state index contributed by atoms with van der Waals surface area (Å²) >= 11 is 3.51. The van der Waals surface area contributed by atoms with Gasteiger partial charge in [0.05, 0.1) is 29.2 Å². The van der Waals surface area contributed by atoms with Gasteiger partial charge in [-0.25, -0.2) is 0 Å². The van der Waals surface area contributed by atoms with Crippen molar-refractivity contribution < 1.29 is 4.74 Å². The second-order valence-corrected chi connectivity index (χ2v) is 6.21. The van der Waals surface area contributed by atoms with E-state index >= 15 is 0 Å². The Hall–Kier alpha value is -1.33. The zero-order valence-corrected chi connectivity index (χ0v) is 13.0. The molecule has 0 unspecified atom stereocenters. The number of hydrogen-bond donors (Lipinski definition) is 2. The van der Waals surface area contributed by atoms with Crippen molar-refractivity contribution in [1.29, 1.82) is 0 Å². The van der Waals surface area contributed by atoms with E-state index < -0.39 is 0 Å². The molecular weight excluding hydrogens is 318 g/mol. The first-order valence-corrected chi connectivity index (χ1v) is 7.64. The molecule has 1 aliphatic heterocycles. The zero-order valence-electron chi connectivity index (χ0n) is 11.4. The number of halogens is 1. The molecule has 2 heterocycles. The van der Waals surface area contributed by atoms with E-state index in [0.717, 1.165) is 40.5 Å². The van der Waals surface area contributed by atoms with Crippen LogP contribution in [0.1, 0.15) is 19.8 Å². The fraction of sp³-hybridized carbons (Fsp3) is 0.400. The van der Waals surface area contributed by atoms with Crippen molar-refractivity contribution in [3.63, 3.8) is 0 Å². The minimum atomic E-state index is 0.294. The second kappa shape index (κ2) is 5.58. The Kier molecular flexibility index (Phi) is 3.81. The number of rotatable bonds is 2. The maximum Gasteiger partial charge on any atom is 0.0743 e. The third-order valence-corrected chi connectivity index (χ3v) is 4.19. The lowest BCUT2D eigenvalue weighted by Gasteiger charge is -2.29. The Morgan fingerprint density at radius 3 is 3.10 bits per heavy atom. The van der Waals surface area contributed by atoms with Gasteiger partial charge < -0.3 is 15.8 Å². The maximum atomic E-state index is 6.12. The number of nitrogens with two attached hydrogens (primary N) is 1. The number of pyridine rings is 1. The van der Waals surface area contributed by atoms with Gasteiger partial charge in [0, 0.05) is 22.5 Å². The van der Waals surface area contributed by atoms with E-state index in [0.29, 0.717) is 17.8 Å². The minimum Gasteiger partial charge on any atom is -0.396 e. The van der Waals surface area contributed by atoms with Crippen LogP contribution in [0.25, 0.3) is 10.9 Å². The fourth-order valence-electron chi connectivity index (χ4n) is 2.67. The number of nitrogens with one attached hydrogen (secondary N) is 1. The van der Waals surface area contributed by atoms with Gasteiger partial charge in [-0.2, -0.15) is 0 Å². The van der Waals surface area contributed by atoms with E-state index in [1.807, 2.05) is 12.1 Å². The molecule has 2 aromatic rings. The number of fused-ring (bicyclic) bond motifs is 1. The zero-order chi connectivity index (χ0) is 14.1. The van der Waals surface area contributed by atoms with Gasteiger partial charge >= 0.3 is 0 Å². The molecule has 0 bridgehead atoms. The summed E-state index contributed by atoms with van der Waals surface area (Å²) < 4.78 is 6.62. The monoisotopic (exact) mass is 335 g/mol. The average Bonchev–Trinajstić information content (AvgIpc) is 2.42. The Morgan fingerprint density at radius 1 is 1.45 bits per heavy atom. The van der Waals surface area contributed by atoms with E-state index in [-0.39, 0.29) is 0 Å². The molecule has 1 fully saturated rings. The summed E-state index contributed by atoms with van der Waals surface area (Å²) in [4.78, 5) is 4.38. The molecule has 0 spiro atoms. The molecule has 1 aromatic carbocycles. The molecule has 1 aliphatic rings. The molecular formula is C15H18BrN3O. The largest absolute Gasteiger partial charge is 0.396 e. The van der Waals surface area contributed by atoms with Gasteiger partial charge in [0.25, 0.3) is 0 Å². The summed E-state index contributed by atoms with van der Waals surface area (Å²) in [6.07, 6.45) is 4.02. The lowest BCUT2D eigenvalue weighted by Crippen LogP contribution is -2.32. The molecule has 4 nitrogen and oxygen atoms in total. The van der Waals surface area contributed by atoms with E-state index in [1.54, 1.807) is 6.20 Å². The number of ether oxygens (including phenoxy) is 1. The highest BCUT2D eigenvalue weighted by Gasteiger charge is 2.20. The number of hydrogen-bond acceptors (Lipinski definition) is 4. The van der Waals surface area contributed by atoms with Gasteiger partial charge in [-0.3, -0.25) is 4.98 Å². The van der Waals surface area contributed by atoms with Gasteiger partial charge in [-0.1, -0.05) is 15.9 Å². The van der Waals surface area contributed by atoms with Gasteiger partial charge in [0.2, 0.25) is 0 Å². The van der Waals surface area contributed by atoms with Crippen molar-refractivity contribution in [3.8, 4) is 0 Å². The molecule has 1 aromatic heterocycles. The van der Waals surface area contributed by atoms with Gasteiger partial charge in [0.15, 0.2) is 0 Å². The number of nitrogen functional groups attached to an aromatic ring is 1. The number of benzene rings is 1. The second-order valence-electron chi connectivity index (χ2n) is 5.30. The Balaban J connectivity index is 1.97. The minimum absolute atomic E-state index is 0.294. The smallest absolute Gasteiger partial charge is 0.0743 e. The summed E-state index contributed by atoms with van der Waals surface area (Å²) in [5.41, 5.74) is 8.74. The Morgan fingerprint density at radius 2 is 2.30 bits per heavy atom. The summed E-state index contributed by atoms with van der Waals surface area (Å²) in [6, 6.07) is 6.44. The molecule has 0 amide bonds. The van der Waals surface area contributed by atoms with Gasteiger partial charge in [-0.05, 0) is 38.0 Å². The summed E-state index contributed by atoms with van der Waals surface area (Å²) in [5, 5.41) is 4.64. The van der Waals surface area contributed by atoms with Crippen LogP contribution in [0, 0.1) is 0 Å². The molecule has 0 saturated carbocycles. The van der Waals surface area contributed by atoms with E-state index in [1.165, 1.54) is 0 Å². The first-order chi connectivity index (χ1) is 9.63. The lowest BCUT2D eigenvalue weighted by molar-refractivity contribution is 0.0232. The molecule has 1 saturated heterocycles. The van der Waals surface area contributed by atoms with E-state index in [9.17, 15) is 0 Å². The van der Waals surface area contributed by atoms with Gasteiger partial charge in [-0.15, -0.1) is 0 Å². The van der Waals surface area contributed by atoms with Crippen LogP contribution in [0.2, 0.25) is 0 Å². The van der Waals surface area contributed by atoms with Crippen LogP contribution in [-0.4, -0.2) is 23.7 Å². The predicted molar refractivity (Wildman–Crippen MR) is 85.9 cm³/mol. The quantitative estimate of drug-likeness (QED) is 0.880. The summed E-state index contributed by atoms with van der Waals surface area (Å²) in [5.74, 6) is 0. The highest BCUT2D eigenvalue weighted by Crippen LogP contribution is 2.32. The van der Waals surface area contributed by atoms with Crippen LogP contribution >= 0.6 is 15.9 Å². The molecule has 0 radical (unpaired) electrons. The normalized spacial score (nSPS) is 22.9. The van der Waals surface area contributed by atoms with Crippen molar-refractivity contribution in [2.75, 3.05) is 17.7 Å². The van der Waals surface area contributed by atoms with Gasteiger partial charge in [0.1, 0.15) is 0 Å². The topological polar surface area (TPSA) is 60.2 Å². The van der Waals surface area contributed by atoms with Crippen LogP contribution in [0.3, 0.4) is 0 Å². The Bertz CT molecular complexity index is 627. The van der Waals surface area contributed by atoms with Crippen LogP contribution < -0.4 is 11.1 Å². The van der Waals surface area contributed by atoms with Crippen molar-refractivity contribution in [2.24, 2.45) is 0 Å². The van der Waals surface area contributed by atoms with Crippen molar-refractivity contribution in [2.45, 2.75) is 31.9 Å². The standard InChI is InChI=1S/C15H18BrN3O/c1-9-6-11(4-5-20-9)19-15-12-7-10(16)2-3-14(12)18-8-13(15)17/h2-3,7-9,11H,4-6,17H2,1H3,(H,18,19)/t9-,11-/m1/s1. The number of aromatic nitrogens is 1. The third kappa shape index (κ3) is 2.74. The number of anilines is 2. The summed E-state index contributed by atoms with van der Waals surface area (Å²) in [6.45, 7) is 2.91. The van der Waals surface area contributed by atoms with Crippen molar-refractivity contribution in [3.05, 3.63) is 28.9 Å². The molecule has 5 heteroatoms. The van der Waals surface area contributed by atoms with Crippen molar-refractivity contribution in [1.82, 2.24) is 4.98 Å². The number of nitrogens with zero attached hydrogens (tertiary/aromatic N) is 1. The van der Waals surface area contributed by atoms with Crippen LogP contribution in [-0.2, 0) is 4.74 Å². The highest BCUT2D eigenvalue weighted by molar-refractivity contribution is 9.10. The van der Waals surface area contributed by atoms with Crippen LogP contribution in [0.4, 0.5) is 11.4 Å². The van der Waals surface area contributed by atoms with E-state index in [2.05, 4.69) is 39.2 Å². The average molecular weight is 336 g/mol. The first-order valence-electron chi connectivity index (χ1n) is 6.85. The maximum absolute atomic E-state index is 6.12. The Labute approximate surface area is 126 Å². The molecule has 2 atom stereocenters. The van der Waals surface area contributed by atoms with Crippen LogP contribution in [0.15, 0.2) is 28.9 Å². The molecule has 20 heavy (non-hydrogen) atoms. The molecule has 0 aliphatic carbocycles. The van der Waals surface area contributed by atoms with Crippen molar-refractivity contribution >= 4 is 38.2 Å². The SMILES string of the molecule is C[C@@H]1C[C@H](Nc2c(N)cnc3ccc(Br)cc23)CCO1. The first kappa shape index (κ1) is 13.6. The fourth-order valence-corrected chi connectivity index (χ4v) is 3.04.